The van der Waals surface area contributed by atoms with Crippen molar-refractivity contribution in [2.45, 2.75) is 37.3 Å². The molecule has 1 aromatic heterocycles. The van der Waals surface area contributed by atoms with Crippen molar-refractivity contribution in [1.29, 1.82) is 0 Å². The number of rotatable bonds is 4. The van der Waals surface area contributed by atoms with E-state index in [0.29, 0.717) is 19.6 Å². The van der Waals surface area contributed by atoms with E-state index in [0.717, 1.165) is 46.2 Å². The van der Waals surface area contributed by atoms with E-state index in [9.17, 15) is 4.79 Å². The van der Waals surface area contributed by atoms with Crippen LogP contribution in [0.3, 0.4) is 0 Å². The highest BCUT2D eigenvalue weighted by atomic mass is 16.5. The summed E-state index contributed by atoms with van der Waals surface area (Å²) in [4.78, 5) is 12.3. The molecule has 3 heterocycles. The molecule has 5 rings (SSSR count). The van der Waals surface area contributed by atoms with Crippen LogP contribution in [0, 0.1) is 0 Å². The third kappa shape index (κ3) is 3.44. The maximum absolute atomic E-state index is 12.3. The zero-order valence-electron chi connectivity index (χ0n) is 16.7. The van der Waals surface area contributed by atoms with Crippen molar-refractivity contribution < 1.29 is 19.4 Å². The first-order valence-corrected chi connectivity index (χ1v) is 10.4. The monoisotopic (exact) mass is 407 g/mol. The Morgan fingerprint density at radius 2 is 2.13 bits per heavy atom. The van der Waals surface area contributed by atoms with Gasteiger partial charge in [-0.15, -0.1) is 0 Å². The molecule has 1 unspecified atom stereocenters. The summed E-state index contributed by atoms with van der Waals surface area (Å²) >= 11 is 0. The number of aromatic amines is 1. The number of benzene rings is 2. The molecule has 2 aromatic carbocycles. The van der Waals surface area contributed by atoms with Crippen LogP contribution in [-0.4, -0.2) is 46.6 Å². The van der Waals surface area contributed by atoms with Gasteiger partial charge in [-0.05, 0) is 29.3 Å². The number of hydrogen-bond acceptors (Lipinski definition) is 5. The third-order valence-electron chi connectivity index (χ3n) is 6.16. The van der Waals surface area contributed by atoms with Crippen LogP contribution in [0.15, 0.2) is 42.6 Å². The van der Waals surface area contributed by atoms with Gasteiger partial charge in [-0.1, -0.05) is 18.2 Å². The SMILES string of the molecule is O=C(CCO)NC1CC2(CCOCC2)Oc2ccc(-c3cccc4[nH]ncc34)cc21. The molecule has 7 nitrogen and oxygen atoms in total. The van der Waals surface area contributed by atoms with E-state index in [1.54, 1.807) is 0 Å². The highest BCUT2D eigenvalue weighted by Gasteiger charge is 2.42. The van der Waals surface area contributed by atoms with Gasteiger partial charge in [0.05, 0.1) is 37.6 Å². The molecule has 1 spiro atoms. The number of aromatic nitrogens is 2. The van der Waals surface area contributed by atoms with Crippen molar-refractivity contribution in [3.63, 3.8) is 0 Å². The lowest BCUT2D eigenvalue weighted by atomic mass is 9.81. The van der Waals surface area contributed by atoms with Gasteiger partial charge in [-0.3, -0.25) is 9.89 Å². The zero-order chi connectivity index (χ0) is 20.6. The lowest BCUT2D eigenvalue weighted by Gasteiger charge is -2.44. The fourth-order valence-electron chi connectivity index (χ4n) is 4.60. The van der Waals surface area contributed by atoms with Gasteiger partial charge >= 0.3 is 0 Å². The molecule has 30 heavy (non-hydrogen) atoms. The highest BCUT2D eigenvalue weighted by Crippen LogP contribution is 2.45. The number of aliphatic hydroxyl groups excluding tert-OH is 1. The van der Waals surface area contributed by atoms with Gasteiger partial charge in [0.15, 0.2) is 0 Å². The lowest BCUT2D eigenvalue weighted by molar-refractivity contribution is -0.123. The molecule has 2 aliphatic heterocycles. The normalized spacial score (nSPS) is 20.0. The van der Waals surface area contributed by atoms with Gasteiger partial charge in [0.25, 0.3) is 0 Å². The van der Waals surface area contributed by atoms with Gasteiger partial charge in [0.1, 0.15) is 11.4 Å². The summed E-state index contributed by atoms with van der Waals surface area (Å²) in [6.45, 7) is 1.16. The molecule has 7 heteroatoms. The van der Waals surface area contributed by atoms with Crippen LogP contribution in [0.25, 0.3) is 22.0 Å². The van der Waals surface area contributed by atoms with Crippen LogP contribution < -0.4 is 10.1 Å². The van der Waals surface area contributed by atoms with Gasteiger partial charge in [-0.25, -0.2) is 0 Å². The van der Waals surface area contributed by atoms with Gasteiger partial charge in [-0.2, -0.15) is 5.10 Å². The van der Waals surface area contributed by atoms with Gasteiger partial charge < -0.3 is 19.9 Å². The van der Waals surface area contributed by atoms with E-state index >= 15 is 0 Å². The Bertz CT molecular complexity index is 1070. The second kappa shape index (κ2) is 7.74. The number of fused-ring (bicyclic) bond motifs is 2. The molecule has 156 valence electrons. The van der Waals surface area contributed by atoms with Crippen molar-refractivity contribution in [2.24, 2.45) is 0 Å². The number of carbonyl (C=O) groups excluding carboxylic acids is 1. The summed E-state index contributed by atoms with van der Waals surface area (Å²) in [5, 5.41) is 20.5. The topological polar surface area (TPSA) is 96.5 Å². The predicted octanol–water partition coefficient (Wildman–Crippen LogP) is 3.10. The van der Waals surface area contributed by atoms with Gasteiger partial charge in [0.2, 0.25) is 5.91 Å². The minimum atomic E-state index is -0.325. The molecule has 3 aromatic rings. The Morgan fingerprint density at radius 3 is 2.97 bits per heavy atom. The quantitative estimate of drug-likeness (QED) is 0.618. The molecule has 0 aliphatic carbocycles. The number of nitrogens with zero attached hydrogens (tertiary/aromatic N) is 1. The molecule has 2 aliphatic rings. The molecule has 3 N–H and O–H groups in total. The number of carbonyl (C=O) groups is 1. The van der Waals surface area contributed by atoms with E-state index in [4.69, 9.17) is 14.6 Å². The number of aliphatic hydroxyl groups is 1. The van der Waals surface area contributed by atoms with Crippen LogP contribution in [0.5, 0.6) is 5.75 Å². The van der Waals surface area contributed by atoms with E-state index in [2.05, 4.69) is 33.7 Å². The summed E-state index contributed by atoms with van der Waals surface area (Å²) in [5.74, 6) is 0.653. The summed E-state index contributed by atoms with van der Waals surface area (Å²) < 4.78 is 12.0. The number of ether oxygens (including phenoxy) is 2. The van der Waals surface area contributed by atoms with E-state index in [-0.39, 0.29) is 30.6 Å². The first-order valence-electron chi connectivity index (χ1n) is 10.4. The fourth-order valence-corrected chi connectivity index (χ4v) is 4.60. The maximum Gasteiger partial charge on any atom is 0.222 e. The molecule has 1 fully saturated rings. The molecule has 0 bridgehead atoms. The number of hydrogen-bond donors (Lipinski definition) is 3. The largest absolute Gasteiger partial charge is 0.487 e. The molecular weight excluding hydrogens is 382 g/mol. The Balaban J connectivity index is 1.55. The van der Waals surface area contributed by atoms with Gasteiger partial charge in [0, 0.05) is 36.6 Å². The Morgan fingerprint density at radius 1 is 1.27 bits per heavy atom. The standard InChI is InChI=1S/C23H25N3O4/c27-9-6-22(28)25-20-13-23(7-10-29-11-8-23)30-21-5-4-15(12-17(20)21)16-2-1-3-19-18(16)14-24-26-19/h1-5,12,14,20,27H,6-11,13H2,(H,24,26)(H,25,28). The second-order valence-corrected chi connectivity index (χ2v) is 8.08. The van der Waals surface area contributed by atoms with Crippen molar-refractivity contribution in [3.05, 3.63) is 48.2 Å². The molecule has 1 saturated heterocycles. The Hall–Kier alpha value is -2.90. The lowest BCUT2D eigenvalue weighted by Crippen LogP contribution is -2.48. The van der Waals surface area contributed by atoms with E-state index < -0.39 is 0 Å². The van der Waals surface area contributed by atoms with Crippen LogP contribution in [0.2, 0.25) is 0 Å². The van der Waals surface area contributed by atoms with Crippen LogP contribution in [0.4, 0.5) is 0 Å². The predicted molar refractivity (Wildman–Crippen MR) is 112 cm³/mol. The minimum Gasteiger partial charge on any atom is -0.487 e. The highest BCUT2D eigenvalue weighted by molar-refractivity contribution is 5.94. The smallest absolute Gasteiger partial charge is 0.222 e. The number of nitrogens with one attached hydrogen (secondary N) is 2. The second-order valence-electron chi connectivity index (χ2n) is 8.08. The van der Waals surface area contributed by atoms with Crippen LogP contribution in [0.1, 0.15) is 37.3 Å². The van der Waals surface area contributed by atoms with Crippen LogP contribution >= 0.6 is 0 Å². The molecular formula is C23H25N3O4. The molecule has 1 atom stereocenters. The summed E-state index contributed by atoms with van der Waals surface area (Å²) in [5.41, 5.74) is 3.76. The minimum absolute atomic E-state index is 0.0941. The Kier molecular flexibility index (Phi) is 4.92. The molecule has 1 amide bonds. The zero-order valence-corrected chi connectivity index (χ0v) is 16.7. The summed E-state index contributed by atoms with van der Waals surface area (Å²) in [6, 6.07) is 12.1. The molecule has 0 saturated carbocycles. The molecule has 0 radical (unpaired) electrons. The van der Waals surface area contributed by atoms with Crippen LogP contribution in [-0.2, 0) is 9.53 Å². The van der Waals surface area contributed by atoms with Crippen molar-refractivity contribution in [3.8, 4) is 16.9 Å². The Labute approximate surface area is 174 Å². The maximum atomic E-state index is 12.3. The first-order chi connectivity index (χ1) is 14.7. The average molecular weight is 407 g/mol. The van der Waals surface area contributed by atoms with Crippen molar-refractivity contribution in [2.75, 3.05) is 19.8 Å². The van der Waals surface area contributed by atoms with E-state index in [1.165, 1.54) is 0 Å². The first kappa shape index (κ1) is 19.1. The summed E-state index contributed by atoms with van der Waals surface area (Å²) in [7, 11) is 0. The number of H-pyrrole nitrogens is 1. The van der Waals surface area contributed by atoms with Crippen molar-refractivity contribution in [1.82, 2.24) is 15.5 Å². The number of amides is 1. The van der Waals surface area contributed by atoms with Crippen molar-refractivity contribution >= 4 is 16.8 Å². The fraction of sp³-hybridized carbons (Fsp3) is 0.391. The average Bonchev–Trinajstić information content (AvgIpc) is 3.23. The van der Waals surface area contributed by atoms with E-state index in [1.807, 2.05) is 24.4 Å². The summed E-state index contributed by atoms with van der Waals surface area (Å²) in [6.07, 6.45) is 4.22. The third-order valence-corrected chi connectivity index (χ3v) is 6.16.